The van der Waals surface area contributed by atoms with Crippen LogP contribution in [0.2, 0.25) is 0 Å². The average Bonchev–Trinajstić information content (AvgIpc) is 2.18. The van der Waals surface area contributed by atoms with Crippen LogP contribution in [0.15, 0.2) is 0 Å². The van der Waals surface area contributed by atoms with Gasteiger partial charge in [-0.05, 0) is 0 Å². The van der Waals surface area contributed by atoms with Crippen LogP contribution < -0.4 is 5.73 Å². The largest absolute Gasteiger partial charge is 0.387 e. The number of hydrogen-bond donors (Lipinski definition) is 3. The van der Waals surface area contributed by atoms with Crippen LogP contribution in [0.1, 0.15) is 0 Å². The molecule has 0 bridgehead atoms. The topological polar surface area (TPSA) is 111 Å². The Hall–Kier alpha value is -0.730. The van der Waals surface area contributed by atoms with Gasteiger partial charge in [-0.3, -0.25) is 4.79 Å². The molecular formula is C8H15NO6. The molecule has 88 valence electrons. The molecule has 1 fully saturated rings. The van der Waals surface area contributed by atoms with Gasteiger partial charge in [0.1, 0.15) is 18.3 Å². The van der Waals surface area contributed by atoms with E-state index >= 15 is 0 Å². The molecule has 5 atom stereocenters. The number of carbonyl (C=O) groups is 1. The minimum Gasteiger partial charge on any atom is -0.387 e. The van der Waals surface area contributed by atoms with Crippen LogP contribution in [0.4, 0.5) is 0 Å². The van der Waals surface area contributed by atoms with Gasteiger partial charge in [0.05, 0.1) is 0 Å². The highest BCUT2D eigenvalue weighted by atomic mass is 16.7. The van der Waals surface area contributed by atoms with Crippen molar-refractivity contribution in [3.05, 3.63) is 0 Å². The number of nitrogens with two attached hydrogens (primary N) is 1. The van der Waals surface area contributed by atoms with Crippen molar-refractivity contribution in [1.29, 1.82) is 0 Å². The van der Waals surface area contributed by atoms with E-state index in [2.05, 4.69) is 0 Å². The first-order valence-electron chi connectivity index (χ1n) is 4.39. The van der Waals surface area contributed by atoms with Gasteiger partial charge in [-0.2, -0.15) is 0 Å². The zero-order valence-corrected chi connectivity index (χ0v) is 8.49. The second kappa shape index (κ2) is 4.86. The van der Waals surface area contributed by atoms with Crippen LogP contribution in [0.25, 0.3) is 0 Å². The van der Waals surface area contributed by atoms with Gasteiger partial charge in [-0.1, -0.05) is 0 Å². The maximum absolute atomic E-state index is 10.9. The molecule has 1 heterocycles. The van der Waals surface area contributed by atoms with Gasteiger partial charge in [-0.15, -0.1) is 0 Å². The SMILES string of the molecule is CO[C@H]1O[C@H](C(N)=O)[C@@H](O)[C@H](OC)[C@H]1O. The van der Waals surface area contributed by atoms with E-state index in [9.17, 15) is 15.0 Å². The summed E-state index contributed by atoms with van der Waals surface area (Å²) < 4.78 is 14.6. The van der Waals surface area contributed by atoms with E-state index in [0.29, 0.717) is 0 Å². The van der Waals surface area contributed by atoms with Gasteiger partial charge in [0.25, 0.3) is 0 Å². The first-order chi connectivity index (χ1) is 7.02. The van der Waals surface area contributed by atoms with Crippen molar-refractivity contribution in [2.75, 3.05) is 14.2 Å². The van der Waals surface area contributed by atoms with Crippen molar-refractivity contribution in [2.24, 2.45) is 5.73 Å². The lowest BCUT2D eigenvalue weighted by Gasteiger charge is -2.39. The Morgan fingerprint density at radius 1 is 1.27 bits per heavy atom. The molecule has 7 heteroatoms. The number of aliphatic hydroxyl groups is 2. The summed E-state index contributed by atoms with van der Waals surface area (Å²) in [5, 5.41) is 19.2. The minimum atomic E-state index is -1.31. The van der Waals surface area contributed by atoms with Gasteiger partial charge in [0, 0.05) is 14.2 Å². The zero-order chi connectivity index (χ0) is 11.6. The summed E-state index contributed by atoms with van der Waals surface area (Å²) in [5.41, 5.74) is 5.02. The van der Waals surface area contributed by atoms with Crippen molar-refractivity contribution in [3.8, 4) is 0 Å². The molecule has 1 saturated heterocycles. The first-order valence-corrected chi connectivity index (χ1v) is 4.39. The Labute approximate surface area is 86.7 Å². The summed E-state index contributed by atoms with van der Waals surface area (Å²) in [7, 11) is 2.60. The van der Waals surface area contributed by atoms with E-state index < -0.39 is 36.6 Å². The fraction of sp³-hybridized carbons (Fsp3) is 0.875. The fourth-order valence-electron chi connectivity index (χ4n) is 1.54. The molecule has 7 nitrogen and oxygen atoms in total. The Balaban J connectivity index is 2.84. The van der Waals surface area contributed by atoms with E-state index in [4.69, 9.17) is 19.9 Å². The monoisotopic (exact) mass is 221 g/mol. The highest BCUT2D eigenvalue weighted by Gasteiger charge is 2.47. The third-order valence-corrected chi connectivity index (χ3v) is 2.33. The minimum absolute atomic E-state index is 0.835. The highest BCUT2D eigenvalue weighted by molar-refractivity contribution is 5.79. The lowest BCUT2D eigenvalue weighted by molar-refractivity contribution is -0.287. The fourth-order valence-corrected chi connectivity index (χ4v) is 1.54. The molecule has 1 aliphatic heterocycles. The number of carbonyl (C=O) groups excluding carboxylic acids is 1. The van der Waals surface area contributed by atoms with Gasteiger partial charge >= 0.3 is 0 Å². The number of primary amides is 1. The molecule has 0 aromatic rings. The second-order valence-electron chi connectivity index (χ2n) is 3.24. The van der Waals surface area contributed by atoms with Gasteiger partial charge in [0.15, 0.2) is 12.4 Å². The van der Waals surface area contributed by atoms with Crippen LogP contribution >= 0.6 is 0 Å². The number of amides is 1. The Morgan fingerprint density at radius 2 is 1.87 bits per heavy atom. The smallest absolute Gasteiger partial charge is 0.249 e. The molecule has 15 heavy (non-hydrogen) atoms. The van der Waals surface area contributed by atoms with E-state index in [-0.39, 0.29) is 0 Å². The average molecular weight is 221 g/mol. The van der Waals surface area contributed by atoms with Gasteiger partial charge in [0.2, 0.25) is 5.91 Å². The molecule has 4 N–H and O–H groups in total. The molecule has 0 unspecified atom stereocenters. The van der Waals surface area contributed by atoms with Crippen molar-refractivity contribution in [3.63, 3.8) is 0 Å². The van der Waals surface area contributed by atoms with E-state index in [1.807, 2.05) is 0 Å². The van der Waals surface area contributed by atoms with Gasteiger partial charge in [-0.25, -0.2) is 0 Å². The Morgan fingerprint density at radius 3 is 2.27 bits per heavy atom. The molecule has 0 saturated carbocycles. The number of hydrogen-bond acceptors (Lipinski definition) is 6. The summed E-state index contributed by atoms with van der Waals surface area (Å²) in [6, 6.07) is 0. The van der Waals surface area contributed by atoms with Crippen LogP contribution in [0, 0.1) is 0 Å². The Bertz CT molecular complexity index is 235. The molecule has 0 aromatic heterocycles. The zero-order valence-electron chi connectivity index (χ0n) is 8.49. The molecule has 1 aliphatic rings. The third-order valence-electron chi connectivity index (χ3n) is 2.33. The first kappa shape index (κ1) is 12.3. The van der Waals surface area contributed by atoms with Crippen LogP contribution in [-0.2, 0) is 19.0 Å². The van der Waals surface area contributed by atoms with E-state index in [1.54, 1.807) is 0 Å². The van der Waals surface area contributed by atoms with Crippen molar-refractivity contribution in [1.82, 2.24) is 0 Å². The molecule has 0 radical (unpaired) electrons. The predicted octanol–water partition coefficient (Wildman–Crippen LogP) is -2.42. The van der Waals surface area contributed by atoms with Gasteiger partial charge < -0.3 is 30.2 Å². The summed E-state index contributed by atoms with van der Waals surface area (Å²) in [5.74, 6) is -0.835. The number of rotatable bonds is 3. The third kappa shape index (κ3) is 2.27. The molecule has 1 amide bonds. The normalized spacial score (nSPS) is 41.5. The molecular weight excluding hydrogens is 206 g/mol. The quantitative estimate of drug-likeness (QED) is 0.489. The predicted molar refractivity (Wildman–Crippen MR) is 47.7 cm³/mol. The number of aliphatic hydroxyl groups excluding tert-OH is 2. The Kier molecular flexibility index (Phi) is 4.00. The van der Waals surface area contributed by atoms with Crippen molar-refractivity contribution in [2.45, 2.75) is 30.7 Å². The second-order valence-corrected chi connectivity index (χ2v) is 3.24. The van der Waals surface area contributed by atoms with E-state index in [1.165, 1.54) is 14.2 Å². The molecule has 0 aromatic carbocycles. The van der Waals surface area contributed by atoms with E-state index in [0.717, 1.165) is 0 Å². The summed E-state index contributed by atoms with van der Waals surface area (Å²) in [6.07, 6.45) is -5.75. The standard InChI is InChI=1S/C8H15NO6/c1-13-5-3(10)6(7(9)12)15-8(14-2)4(5)11/h3-6,8,10-11H,1-2H3,(H2,9,12)/t3-,4+,5-,6-,8-/m0/s1. The molecule has 0 aliphatic carbocycles. The maximum atomic E-state index is 10.9. The molecule has 1 rings (SSSR count). The van der Waals surface area contributed by atoms with Crippen molar-refractivity contribution >= 4 is 5.91 Å². The van der Waals surface area contributed by atoms with Crippen LogP contribution in [0.5, 0.6) is 0 Å². The summed E-state index contributed by atoms with van der Waals surface area (Å²) in [6.45, 7) is 0. The maximum Gasteiger partial charge on any atom is 0.249 e. The summed E-state index contributed by atoms with van der Waals surface area (Å²) in [4.78, 5) is 10.9. The molecule has 0 spiro atoms. The lowest BCUT2D eigenvalue weighted by Crippen LogP contribution is -2.61. The summed E-state index contributed by atoms with van der Waals surface area (Å²) >= 11 is 0. The number of ether oxygens (including phenoxy) is 3. The lowest BCUT2D eigenvalue weighted by atomic mass is 9.98. The highest BCUT2D eigenvalue weighted by Crippen LogP contribution is 2.23. The van der Waals surface area contributed by atoms with Crippen molar-refractivity contribution < 1.29 is 29.2 Å². The van der Waals surface area contributed by atoms with Crippen LogP contribution in [0.3, 0.4) is 0 Å². The van der Waals surface area contributed by atoms with Crippen LogP contribution in [-0.4, -0.2) is 61.0 Å². The number of methoxy groups -OCH3 is 2.